The number of anilines is 1. The minimum atomic E-state index is 0.534. The number of likely N-dealkylation sites (tertiary alicyclic amines) is 1. The molecule has 1 fully saturated rings. The highest BCUT2D eigenvalue weighted by atomic mass is 15.3. The molecule has 0 radical (unpaired) electrons. The Labute approximate surface area is 150 Å². The molecule has 1 unspecified atom stereocenters. The molecule has 0 bridgehead atoms. The van der Waals surface area contributed by atoms with Gasteiger partial charge in [-0.15, -0.1) is 0 Å². The number of aliphatic imine (C=N–C) groups is 1. The molecular weight excluding hydrogens is 312 g/mol. The number of aryl methyl sites for hydroxylation is 1. The molecule has 1 aromatic carbocycles. The fourth-order valence-electron chi connectivity index (χ4n) is 3.30. The third-order valence-electron chi connectivity index (χ3n) is 4.80. The molecule has 1 atom stereocenters. The van der Waals surface area contributed by atoms with E-state index in [1.807, 2.05) is 25.0 Å². The lowest BCUT2D eigenvalue weighted by atomic mass is 10.0. The molecule has 0 aliphatic carbocycles. The van der Waals surface area contributed by atoms with E-state index in [1.165, 1.54) is 16.8 Å². The van der Waals surface area contributed by atoms with Crippen molar-refractivity contribution in [2.24, 2.45) is 12.0 Å². The lowest BCUT2D eigenvalue weighted by molar-refractivity contribution is 0.486. The molecule has 134 valence electrons. The normalized spacial score (nSPS) is 17.8. The van der Waals surface area contributed by atoms with Crippen molar-refractivity contribution >= 4 is 11.6 Å². The average Bonchev–Trinajstić information content (AvgIpc) is 3.25. The lowest BCUT2D eigenvalue weighted by Gasteiger charge is -2.22. The zero-order chi connectivity index (χ0) is 17.8. The molecule has 0 spiro atoms. The van der Waals surface area contributed by atoms with Crippen LogP contribution >= 0.6 is 0 Å². The van der Waals surface area contributed by atoms with Crippen LogP contribution in [0.2, 0.25) is 0 Å². The van der Waals surface area contributed by atoms with Gasteiger partial charge in [0.25, 0.3) is 0 Å². The van der Waals surface area contributed by atoms with Crippen LogP contribution in [0, 0.1) is 0 Å². The molecule has 1 saturated heterocycles. The van der Waals surface area contributed by atoms with Gasteiger partial charge >= 0.3 is 0 Å². The summed E-state index contributed by atoms with van der Waals surface area (Å²) in [5.41, 5.74) is 3.79. The molecule has 3 rings (SSSR count). The van der Waals surface area contributed by atoms with E-state index in [-0.39, 0.29) is 0 Å². The van der Waals surface area contributed by atoms with Crippen molar-refractivity contribution < 1.29 is 0 Å². The Morgan fingerprint density at radius 3 is 2.68 bits per heavy atom. The van der Waals surface area contributed by atoms with Crippen molar-refractivity contribution in [3.63, 3.8) is 0 Å². The molecule has 25 heavy (non-hydrogen) atoms. The van der Waals surface area contributed by atoms with E-state index in [2.05, 4.69) is 69.8 Å². The summed E-state index contributed by atoms with van der Waals surface area (Å²) in [6, 6.07) is 8.62. The lowest BCUT2D eigenvalue weighted by Crippen LogP contribution is -2.39. The fourth-order valence-corrected chi connectivity index (χ4v) is 3.30. The number of hydrogen-bond acceptors (Lipinski definition) is 3. The van der Waals surface area contributed by atoms with Crippen molar-refractivity contribution in [2.45, 2.75) is 18.9 Å². The highest BCUT2D eigenvalue weighted by molar-refractivity contribution is 5.80. The van der Waals surface area contributed by atoms with Crippen LogP contribution in [0.15, 0.2) is 41.7 Å². The number of benzene rings is 1. The second-order valence-corrected chi connectivity index (χ2v) is 6.84. The molecule has 6 nitrogen and oxygen atoms in total. The number of nitrogens with zero attached hydrogens (tertiary/aromatic N) is 5. The number of rotatable bonds is 4. The predicted molar refractivity (Wildman–Crippen MR) is 103 cm³/mol. The summed E-state index contributed by atoms with van der Waals surface area (Å²) in [4.78, 5) is 8.92. The summed E-state index contributed by atoms with van der Waals surface area (Å²) in [5.74, 6) is 1.51. The van der Waals surface area contributed by atoms with E-state index in [1.54, 1.807) is 0 Å². The van der Waals surface area contributed by atoms with Gasteiger partial charge < -0.3 is 15.1 Å². The quantitative estimate of drug-likeness (QED) is 0.684. The summed E-state index contributed by atoms with van der Waals surface area (Å²) in [6.07, 6.45) is 5.25. The summed E-state index contributed by atoms with van der Waals surface area (Å²) >= 11 is 0. The van der Waals surface area contributed by atoms with Gasteiger partial charge in [-0.3, -0.25) is 9.67 Å². The predicted octanol–water partition coefficient (Wildman–Crippen LogP) is 2.05. The second-order valence-electron chi connectivity index (χ2n) is 6.84. The van der Waals surface area contributed by atoms with E-state index in [0.717, 1.165) is 32.0 Å². The van der Waals surface area contributed by atoms with Crippen LogP contribution in [0.5, 0.6) is 0 Å². The zero-order valence-electron chi connectivity index (χ0n) is 15.6. The maximum atomic E-state index is 4.47. The molecular formula is C19H28N6. The van der Waals surface area contributed by atoms with E-state index >= 15 is 0 Å². The average molecular weight is 340 g/mol. The second kappa shape index (κ2) is 7.59. The molecule has 2 heterocycles. The van der Waals surface area contributed by atoms with Crippen LogP contribution in [-0.2, 0) is 13.6 Å². The maximum Gasteiger partial charge on any atom is 0.193 e. The highest BCUT2D eigenvalue weighted by Gasteiger charge is 2.26. The molecule has 1 N–H and O–H groups in total. The molecule has 1 aliphatic rings. The van der Waals surface area contributed by atoms with Gasteiger partial charge in [0, 0.05) is 65.6 Å². The fraction of sp³-hybridized carbons (Fsp3) is 0.474. The first-order chi connectivity index (χ1) is 12.1. The Bertz CT molecular complexity index is 716. The highest BCUT2D eigenvalue weighted by Crippen LogP contribution is 2.26. The van der Waals surface area contributed by atoms with Gasteiger partial charge in [0.05, 0.1) is 6.20 Å². The Hall–Kier alpha value is -2.50. The van der Waals surface area contributed by atoms with Gasteiger partial charge in [-0.05, 0) is 29.7 Å². The Kier molecular flexibility index (Phi) is 5.26. The molecule has 0 saturated carbocycles. The molecule has 2 aromatic rings. The van der Waals surface area contributed by atoms with Crippen LogP contribution in [-0.4, -0.2) is 54.9 Å². The van der Waals surface area contributed by atoms with Crippen molar-refractivity contribution in [1.82, 2.24) is 20.0 Å². The molecule has 1 aromatic heterocycles. The summed E-state index contributed by atoms with van der Waals surface area (Å²) in [7, 11) is 7.94. The van der Waals surface area contributed by atoms with E-state index < -0.39 is 0 Å². The monoisotopic (exact) mass is 340 g/mol. The Morgan fingerprint density at radius 1 is 1.32 bits per heavy atom. The van der Waals surface area contributed by atoms with Crippen molar-refractivity contribution in [3.8, 4) is 0 Å². The number of guanidine groups is 1. The first kappa shape index (κ1) is 17.3. The Morgan fingerprint density at radius 2 is 2.08 bits per heavy atom. The third-order valence-corrected chi connectivity index (χ3v) is 4.80. The summed E-state index contributed by atoms with van der Waals surface area (Å²) in [6.45, 7) is 2.80. The number of aromatic nitrogens is 2. The largest absolute Gasteiger partial charge is 0.378 e. The molecule has 1 aliphatic heterocycles. The van der Waals surface area contributed by atoms with Crippen LogP contribution < -0.4 is 10.2 Å². The maximum absolute atomic E-state index is 4.47. The smallest absolute Gasteiger partial charge is 0.193 e. The van der Waals surface area contributed by atoms with Gasteiger partial charge in [-0.1, -0.05) is 12.1 Å². The van der Waals surface area contributed by atoms with Gasteiger partial charge in [0.2, 0.25) is 0 Å². The first-order valence-corrected chi connectivity index (χ1v) is 8.77. The minimum absolute atomic E-state index is 0.534. The Balaban J connectivity index is 1.56. The third kappa shape index (κ3) is 4.13. The van der Waals surface area contributed by atoms with Crippen LogP contribution in [0.4, 0.5) is 5.69 Å². The molecule has 0 amide bonds. The van der Waals surface area contributed by atoms with E-state index in [0.29, 0.717) is 5.92 Å². The van der Waals surface area contributed by atoms with Crippen molar-refractivity contribution in [2.75, 3.05) is 39.1 Å². The van der Waals surface area contributed by atoms with Gasteiger partial charge in [0.1, 0.15) is 0 Å². The van der Waals surface area contributed by atoms with E-state index in [9.17, 15) is 0 Å². The standard InChI is InChI=1S/C19H28N6/c1-20-19(21-11-15-5-7-18(8-6-15)23(2)3)25-10-9-16(14-25)17-12-22-24(4)13-17/h5-8,12-13,16H,9-11,14H2,1-4H3,(H,20,21). The number of hydrogen-bond donors (Lipinski definition) is 1. The summed E-state index contributed by atoms with van der Waals surface area (Å²) < 4.78 is 1.88. The first-order valence-electron chi connectivity index (χ1n) is 8.77. The van der Waals surface area contributed by atoms with Gasteiger partial charge in [-0.2, -0.15) is 5.10 Å². The topological polar surface area (TPSA) is 48.7 Å². The summed E-state index contributed by atoms with van der Waals surface area (Å²) in [5, 5.41) is 7.79. The van der Waals surface area contributed by atoms with Gasteiger partial charge in [-0.25, -0.2) is 0 Å². The SMILES string of the molecule is CN=C(NCc1ccc(N(C)C)cc1)N1CCC(c2cnn(C)c2)C1. The zero-order valence-corrected chi connectivity index (χ0v) is 15.6. The van der Waals surface area contributed by atoms with Crippen molar-refractivity contribution in [3.05, 3.63) is 47.8 Å². The van der Waals surface area contributed by atoms with Crippen LogP contribution in [0.3, 0.4) is 0 Å². The van der Waals surface area contributed by atoms with Crippen molar-refractivity contribution in [1.29, 1.82) is 0 Å². The van der Waals surface area contributed by atoms with Crippen LogP contribution in [0.25, 0.3) is 0 Å². The van der Waals surface area contributed by atoms with Gasteiger partial charge in [0.15, 0.2) is 5.96 Å². The molecule has 6 heteroatoms. The minimum Gasteiger partial charge on any atom is -0.378 e. The van der Waals surface area contributed by atoms with Crippen LogP contribution in [0.1, 0.15) is 23.5 Å². The van der Waals surface area contributed by atoms with E-state index in [4.69, 9.17) is 0 Å². The number of nitrogens with one attached hydrogen (secondary N) is 1.